The van der Waals surface area contributed by atoms with Crippen molar-refractivity contribution in [1.29, 1.82) is 0 Å². The number of hydrogen-bond acceptors (Lipinski definition) is 12. The number of phosphoric ester groups is 1. The molecule has 6 aliphatic rings. The van der Waals surface area contributed by atoms with Gasteiger partial charge in [0.15, 0.2) is 0 Å². The molecule has 2 aromatic rings. The largest absolute Gasteiger partial charge is 0.530 e. The quantitative estimate of drug-likeness (QED) is 0.161. The van der Waals surface area contributed by atoms with Crippen molar-refractivity contribution in [1.82, 2.24) is 9.55 Å². The van der Waals surface area contributed by atoms with Gasteiger partial charge in [0, 0.05) is 36.4 Å². The van der Waals surface area contributed by atoms with E-state index in [-0.39, 0.29) is 53.0 Å². The molecule has 0 spiro atoms. The van der Waals surface area contributed by atoms with Gasteiger partial charge >= 0.3 is 25.5 Å². The van der Waals surface area contributed by atoms with E-state index >= 15 is 0 Å². The third kappa shape index (κ3) is 7.48. The lowest BCUT2D eigenvalue weighted by atomic mass is 9.45. The third-order valence-electron chi connectivity index (χ3n) is 14.2. The minimum atomic E-state index is -4.08. The molecule has 0 radical (unpaired) electrons. The number of benzene rings is 1. The number of aromatic nitrogens is 2. The number of esters is 2. The maximum atomic E-state index is 13.5. The number of H-pyrrole nitrogens is 1. The van der Waals surface area contributed by atoms with Crippen molar-refractivity contribution in [3.8, 4) is 5.75 Å². The van der Waals surface area contributed by atoms with Gasteiger partial charge in [-0.2, -0.15) is 0 Å². The van der Waals surface area contributed by atoms with Gasteiger partial charge in [0.25, 0.3) is 5.56 Å². The molecule has 56 heavy (non-hydrogen) atoms. The zero-order valence-corrected chi connectivity index (χ0v) is 35.1. The topological polar surface area (TPSA) is 179 Å². The molecule has 1 aromatic carbocycles. The molecule has 3 heterocycles. The average molecular weight is 909 g/mol. The van der Waals surface area contributed by atoms with Crippen LogP contribution < -0.4 is 15.8 Å². The number of nitrogens with one attached hydrogen (secondary N) is 1. The highest BCUT2D eigenvalue weighted by Gasteiger charge is 2.61. The van der Waals surface area contributed by atoms with Crippen molar-refractivity contribution in [2.24, 2.45) is 34.5 Å². The molecule has 2 aliphatic heterocycles. The Bertz CT molecular complexity index is 2070. The Morgan fingerprint density at radius 2 is 1.77 bits per heavy atom. The van der Waals surface area contributed by atoms with Gasteiger partial charge in [-0.3, -0.25) is 37.8 Å². The molecule has 11 atom stereocenters. The first-order valence-corrected chi connectivity index (χ1v) is 22.4. The van der Waals surface area contributed by atoms with Crippen molar-refractivity contribution < 1.29 is 46.7 Å². The number of rotatable bonds is 9. The van der Waals surface area contributed by atoms with Crippen LogP contribution in [0.1, 0.15) is 108 Å². The summed E-state index contributed by atoms with van der Waals surface area (Å²) in [7, 11) is -4.08. The van der Waals surface area contributed by atoms with Crippen LogP contribution in [0.5, 0.6) is 5.75 Å². The molecule has 4 aliphatic carbocycles. The smallest absolute Gasteiger partial charge is 0.462 e. The van der Waals surface area contributed by atoms with Gasteiger partial charge < -0.3 is 18.7 Å². The second-order valence-electron chi connectivity index (χ2n) is 17.2. The fourth-order valence-corrected chi connectivity index (χ4v) is 12.8. The average Bonchev–Trinajstić information content (AvgIpc) is 3.71. The van der Waals surface area contributed by atoms with E-state index in [0.29, 0.717) is 41.6 Å². The van der Waals surface area contributed by atoms with E-state index in [1.807, 2.05) is 13.0 Å². The van der Waals surface area contributed by atoms with E-state index in [1.165, 1.54) is 10.8 Å². The van der Waals surface area contributed by atoms with Crippen molar-refractivity contribution in [2.45, 2.75) is 129 Å². The van der Waals surface area contributed by atoms with E-state index < -0.39 is 49.4 Å². The highest BCUT2D eigenvalue weighted by atomic mass is 127. The van der Waals surface area contributed by atoms with Crippen molar-refractivity contribution in [3.63, 3.8) is 0 Å². The fraction of sp³-hybridized carbons (Fsp3) is 0.675. The number of fused-ring (bicyclic) bond motifs is 6. The van der Waals surface area contributed by atoms with Crippen LogP contribution in [-0.4, -0.2) is 52.2 Å². The monoisotopic (exact) mass is 908 g/mol. The van der Waals surface area contributed by atoms with Gasteiger partial charge in [0.1, 0.15) is 36.1 Å². The number of aryl methyl sites for hydroxylation is 1. The van der Waals surface area contributed by atoms with Gasteiger partial charge in [0.05, 0.1) is 29.6 Å². The molecule has 1 N–H and O–H groups in total. The Kier molecular flexibility index (Phi) is 11.0. The minimum Gasteiger partial charge on any atom is -0.462 e. The lowest BCUT2D eigenvalue weighted by Crippen LogP contribution is -2.54. The lowest BCUT2D eigenvalue weighted by Gasteiger charge is -2.60. The van der Waals surface area contributed by atoms with Crippen LogP contribution in [0, 0.1) is 45.0 Å². The van der Waals surface area contributed by atoms with Gasteiger partial charge in [-0.05, 0) is 115 Å². The van der Waals surface area contributed by atoms with E-state index in [9.17, 15) is 28.5 Å². The molecule has 0 amide bonds. The summed E-state index contributed by atoms with van der Waals surface area (Å²) in [5, 5.41) is 0. The highest BCUT2D eigenvalue weighted by Crippen LogP contribution is 2.66. The third-order valence-corrected chi connectivity index (χ3v) is 16.3. The van der Waals surface area contributed by atoms with Crippen LogP contribution >= 0.6 is 30.4 Å². The maximum Gasteiger partial charge on any atom is 0.530 e. The standard InChI is InChI=1S/C40H50IN2O12P/c1-22-5-4-6-30-26(22)20-50-56(49,55-30)51-21-32-31(18-34(52-32)43-19-29(41)37(47)42-38(43)48)53-35(45)11-12-36(46)54-33-10-9-27-25-8-7-23-17-24(44)13-15-39(23,2)28(25)14-16-40(27,33)3/h4-6,19,23,25,27-28,31-34H,7-18,20-21H2,1-3H3,(H,42,47,48)/t23-,25-,27-,28?,31+,32+,33-,34+,39-,40-,56?/m0/s1. The molecule has 4 saturated carbocycles. The molecule has 8 rings (SSSR count). The normalized spacial score (nSPS) is 37.4. The predicted molar refractivity (Wildman–Crippen MR) is 208 cm³/mol. The number of carbonyl (C=O) groups excluding carboxylic acids is 3. The Balaban J connectivity index is 0.885. The molecule has 0 bridgehead atoms. The van der Waals surface area contributed by atoms with E-state index in [0.717, 1.165) is 62.5 Å². The molecule has 14 nitrogen and oxygen atoms in total. The second-order valence-corrected chi connectivity index (χ2v) is 20.0. The summed E-state index contributed by atoms with van der Waals surface area (Å²) in [6.45, 7) is 6.23. The van der Waals surface area contributed by atoms with Gasteiger partial charge in [0.2, 0.25) is 0 Å². The van der Waals surface area contributed by atoms with Crippen molar-refractivity contribution in [2.75, 3.05) is 6.61 Å². The first-order valence-electron chi connectivity index (χ1n) is 19.9. The summed E-state index contributed by atoms with van der Waals surface area (Å²) in [5.74, 6) is 1.79. The second kappa shape index (κ2) is 15.4. The van der Waals surface area contributed by atoms with Crippen LogP contribution in [0.25, 0.3) is 0 Å². The number of phosphoric acid groups is 1. The Morgan fingerprint density at radius 1 is 1.00 bits per heavy atom. The van der Waals surface area contributed by atoms with Gasteiger partial charge in [-0.25, -0.2) is 9.36 Å². The zero-order chi connectivity index (χ0) is 39.6. The first kappa shape index (κ1) is 40.0. The van der Waals surface area contributed by atoms with E-state index in [4.69, 9.17) is 27.8 Å². The van der Waals surface area contributed by atoms with Crippen LogP contribution in [0.4, 0.5) is 0 Å². The Labute approximate surface area is 338 Å². The Hall–Kier alpha value is -2.85. The summed E-state index contributed by atoms with van der Waals surface area (Å²) in [4.78, 5) is 65.9. The Morgan fingerprint density at radius 3 is 2.57 bits per heavy atom. The van der Waals surface area contributed by atoms with Gasteiger partial charge in [-0.1, -0.05) is 26.0 Å². The molecule has 1 aromatic heterocycles. The van der Waals surface area contributed by atoms with Gasteiger partial charge in [-0.15, -0.1) is 0 Å². The first-order chi connectivity index (χ1) is 26.7. The van der Waals surface area contributed by atoms with E-state index in [2.05, 4.69) is 18.8 Å². The minimum absolute atomic E-state index is 0.0119. The number of aromatic amines is 1. The summed E-state index contributed by atoms with van der Waals surface area (Å²) in [5.41, 5.74) is 0.486. The molecule has 16 heteroatoms. The number of halogens is 1. The molecular formula is C40H50IN2O12P. The summed E-state index contributed by atoms with van der Waals surface area (Å²) in [6, 6.07) is 5.33. The molecule has 5 fully saturated rings. The van der Waals surface area contributed by atoms with Crippen LogP contribution in [0.3, 0.4) is 0 Å². The number of carbonyl (C=O) groups is 3. The molecule has 2 unspecified atom stereocenters. The summed E-state index contributed by atoms with van der Waals surface area (Å²) >= 11 is 1.80. The van der Waals surface area contributed by atoms with E-state index in [1.54, 1.807) is 34.7 Å². The molecular weight excluding hydrogens is 858 g/mol. The lowest BCUT2D eigenvalue weighted by molar-refractivity contribution is -0.167. The number of Topliss-reactive ketones (excluding diaryl/α,β-unsaturated/α-hetero) is 1. The van der Waals surface area contributed by atoms with Crippen LogP contribution in [0.15, 0.2) is 34.0 Å². The predicted octanol–water partition coefficient (Wildman–Crippen LogP) is 6.69. The zero-order valence-electron chi connectivity index (χ0n) is 32.0. The van der Waals surface area contributed by atoms with Crippen LogP contribution in [0.2, 0.25) is 0 Å². The SMILES string of the molecule is Cc1cccc2c1COP(=O)(OC[C@H]1O[C@@H](n3cc(I)c(=O)[nH]c3=O)C[C@H]1OC(=O)CCC(=O)O[C@H]1CC[C@H]3[C@@H]4CC[C@H]5CC(=O)CC[C@]5(C)C4CC[C@]13C)O2. The van der Waals surface area contributed by atoms with Crippen molar-refractivity contribution >= 4 is 48.1 Å². The number of ether oxygens (including phenoxy) is 3. The molecule has 304 valence electrons. The highest BCUT2D eigenvalue weighted by molar-refractivity contribution is 14.1. The number of hydrogen-bond donors (Lipinski definition) is 1. The number of ketones is 1. The van der Waals surface area contributed by atoms with Crippen molar-refractivity contribution in [3.05, 3.63) is 59.9 Å². The number of nitrogens with zero attached hydrogens (tertiary/aromatic N) is 1. The summed E-state index contributed by atoms with van der Waals surface area (Å²) in [6.07, 6.45) is 6.33. The fourth-order valence-electron chi connectivity index (χ4n) is 11.1. The maximum absolute atomic E-state index is 13.5. The van der Waals surface area contributed by atoms with Crippen LogP contribution in [-0.2, 0) is 48.8 Å². The summed E-state index contributed by atoms with van der Waals surface area (Å²) < 4.78 is 49.8. The molecule has 1 saturated heterocycles.